The third-order valence-electron chi connectivity index (χ3n) is 5.98. The van der Waals surface area contributed by atoms with Crippen molar-refractivity contribution in [3.63, 3.8) is 0 Å². The van der Waals surface area contributed by atoms with Gasteiger partial charge < -0.3 is 40.1 Å². The summed E-state index contributed by atoms with van der Waals surface area (Å²) in [6, 6.07) is 0. The summed E-state index contributed by atoms with van der Waals surface area (Å²) in [5.74, 6) is -1.89. The molecule has 0 unspecified atom stereocenters. The van der Waals surface area contributed by atoms with Crippen LogP contribution in [0, 0.1) is 17.8 Å². The fraction of sp³-hybridized carbons (Fsp3) is 0.824. The predicted molar refractivity (Wildman–Crippen MR) is 85.7 cm³/mol. The Bertz CT molecular complexity index is 562. The lowest BCUT2D eigenvalue weighted by Crippen LogP contribution is -2.60. The second-order valence-corrected chi connectivity index (χ2v) is 7.42. The van der Waals surface area contributed by atoms with Crippen LogP contribution in [0.15, 0.2) is 11.6 Å². The summed E-state index contributed by atoms with van der Waals surface area (Å²) in [5, 5.41) is 58.8. The minimum absolute atomic E-state index is 0.210. The number of hydrogen-bond donors (Lipinski definition) is 6. The van der Waals surface area contributed by atoms with Crippen molar-refractivity contribution in [3.8, 4) is 0 Å². The lowest BCUT2D eigenvalue weighted by molar-refractivity contribution is -0.316. The van der Waals surface area contributed by atoms with E-state index in [2.05, 4.69) is 0 Å². The fourth-order valence-electron chi connectivity index (χ4n) is 4.48. The molecule has 2 aliphatic carbocycles. The first-order chi connectivity index (χ1) is 12.3. The zero-order chi connectivity index (χ0) is 19.2. The van der Waals surface area contributed by atoms with Crippen LogP contribution >= 0.6 is 0 Å². The van der Waals surface area contributed by atoms with Gasteiger partial charge in [0, 0.05) is 5.57 Å². The molecule has 0 radical (unpaired) electrons. The van der Waals surface area contributed by atoms with Crippen LogP contribution in [-0.2, 0) is 14.3 Å². The number of aliphatic hydroxyl groups excluding tert-OH is 5. The molecule has 2 fully saturated rings. The number of fused-ring (bicyclic) bond motifs is 1. The predicted octanol–water partition coefficient (Wildman–Crippen LogP) is -1.78. The van der Waals surface area contributed by atoms with Gasteiger partial charge in [0.2, 0.25) is 0 Å². The third-order valence-corrected chi connectivity index (χ3v) is 5.98. The Hall–Kier alpha value is -1.07. The first-order valence-corrected chi connectivity index (χ1v) is 8.83. The van der Waals surface area contributed by atoms with Crippen molar-refractivity contribution in [1.29, 1.82) is 0 Å². The molecule has 10 atom stereocenters. The van der Waals surface area contributed by atoms with Gasteiger partial charge in [0.1, 0.15) is 24.4 Å². The lowest BCUT2D eigenvalue weighted by Gasteiger charge is -2.43. The first-order valence-electron chi connectivity index (χ1n) is 8.83. The molecular weight excluding hydrogens is 348 g/mol. The van der Waals surface area contributed by atoms with E-state index in [9.17, 15) is 35.4 Å². The van der Waals surface area contributed by atoms with Crippen LogP contribution in [0.3, 0.4) is 0 Å². The Morgan fingerprint density at radius 1 is 1.23 bits per heavy atom. The molecule has 148 valence electrons. The largest absolute Gasteiger partial charge is 0.478 e. The molecule has 3 rings (SSSR count). The highest BCUT2D eigenvalue weighted by Crippen LogP contribution is 2.48. The Morgan fingerprint density at radius 2 is 1.92 bits per heavy atom. The van der Waals surface area contributed by atoms with Gasteiger partial charge in [-0.1, -0.05) is 13.0 Å². The average molecular weight is 374 g/mol. The highest BCUT2D eigenvalue weighted by Gasteiger charge is 2.51. The van der Waals surface area contributed by atoms with Crippen LogP contribution < -0.4 is 0 Å². The Kier molecular flexibility index (Phi) is 5.69. The van der Waals surface area contributed by atoms with E-state index in [1.54, 1.807) is 6.08 Å². The molecule has 0 amide bonds. The van der Waals surface area contributed by atoms with E-state index in [0.717, 1.165) is 0 Å². The molecule has 9 heteroatoms. The summed E-state index contributed by atoms with van der Waals surface area (Å²) in [7, 11) is 0. The number of aliphatic hydroxyl groups is 5. The monoisotopic (exact) mass is 374 g/mol. The molecule has 0 aromatic rings. The van der Waals surface area contributed by atoms with Gasteiger partial charge >= 0.3 is 5.97 Å². The lowest BCUT2D eigenvalue weighted by atomic mass is 9.75. The van der Waals surface area contributed by atoms with E-state index in [1.807, 2.05) is 6.92 Å². The van der Waals surface area contributed by atoms with Crippen LogP contribution in [-0.4, -0.2) is 86.1 Å². The van der Waals surface area contributed by atoms with Crippen LogP contribution in [0.2, 0.25) is 0 Å². The van der Waals surface area contributed by atoms with Crippen molar-refractivity contribution >= 4 is 5.97 Å². The van der Waals surface area contributed by atoms with Crippen molar-refractivity contribution in [2.75, 3.05) is 6.61 Å². The van der Waals surface area contributed by atoms with Gasteiger partial charge in [-0.15, -0.1) is 0 Å². The van der Waals surface area contributed by atoms with Gasteiger partial charge in [0.05, 0.1) is 18.8 Å². The Morgan fingerprint density at radius 3 is 2.54 bits per heavy atom. The minimum atomic E-state index is -1.54. The standard InChI is InChI=1S/C17H26O9/c1-6-9(19)4-8-7(16(23)24)2-3-10(12(6)8)25-17-15(22)14(21)13(20)11(5-18)26-17/h2,6,8-15,17-22H,3-5H2,1H3,(H,23,24)/t6-,8+,9-,10+,11+,12+,13+,14-,15+,17+/m0/s1. The number of carboxylic acid groups (broad SMARTS) is 1. The molecule has 0 aromatic carbocycles. The molecule has 1 aliphatic heterocycles. The second kappa shape index (κ2) is 7.51. The topological polar surface area (TPSA) is 157 Å². The van der Waals surface area contributed by atoms with Gasteiger partial charge in [-0.05, 0) is 30.6 Å². The normalized spacial score (nSPS) is 48.8. The number of aliphatic carboxylic acids is 1. The van der Waals surface area contributed by atoms with E-state index >= 15 is 0 Å². The van der Waals surface area contributed by atoms with Gasteiger partial charge in [0.15, 0.2) is 6.29 Å². The molecule has 26 heavy (non-hydrogen) atoms. The maximum absolute atomic E-state index is 11.5. The number of rotatable bonds is 4. The Labute approximate surface area is 150 Å². The van der Waals surface area contributed by atoms with Gasteiger partial charge in [0.25, 0.3) is 0 Å². The quantitative estimate of drug-likeness (QED) is 0.335. The number of carbonyl (C=O) groups is 1. The zero-order valence-corrected chi connectivity index (χ0v) is 14.4. The molecule has 1 saturated carbocycles. The molecule has 1 heterocycles. The highest BCUT2D eigenvalue weighted by atomic mass is 16.7. The molecule has 3 aliphatic rings. The fourth-order valence-corrected chi connectivity index (χ4v) is 4.48. The maximum Gasteiger partial charge on any atom is 0.331 e. The SMILES string of the molecule is C[C@@H]1[C@@H]2[C@H](C[C@@H]1O)C(C(=O)O)=CC[C@H]2O[C@@H]1O[C@H](CO)[C@@H](O)[C@H](O)[C@H]1O. The Balaban J connectivity index is 1.79. The molecular formula is C17H26O9. The maximum atomic E-state index is 11.5. The third kappa shape index (κ3) is 3.29. The molecule has 6 N–H and O–H groups in total. The molecule has 0 spiro atoms. The smallest absolute Gasteiger partial charge is 0.331 e. The van der Waals surface area contributed by atoms with Crippen LogP contribution in [0.25, 0.3) is 0 Å². The minimum Gasteiger partial charge on any atom is -0.478 e. The first kappa shape index (κ1) is 19.7. The number of hydrogen-bond acceptors (Lipinski definition) is 8. The van der Waals surface area contributed by atoms with E-state index < -0.39 is 55.5 Å². The van der Waals surface area contributed by atoms with Gasteiger partial charge in [-0.25, -0.2) is 4.79 Å². The summed E-state index contributed by atoms with van der Waals surface area (Å²) in [6.45, 7) is 1.27. The summed E-state index contributed by atoms with van der Waals surface area (Å²) in [5.41, 5.74) is 0.257. The van der Waals surface area contributed by atoms with Crippen molar-refractivity contribution in [2.24, 2.45) is 17.8 Å². The summed E-state index contributed by atoms with van der Waals surface area (Å²) >= 11 is 0. The number of carboxylic acids is 1. The van der Waals surface area contributed by atoms with Crippen molar-refractivity contribution in [3.05, 3.63) is 11.6 Å². The van der Waals surface area contributed by atoms with Gasteiger partial charge in [-0.3, -0.25) is 0 Å². The van der Waals surface area contributed by atoms with Crippen LogP contribution in [0.4, 0.5) is 0 Å². The van der Waals surface area contributed by atoms with Gasteiger partial charge in [-0.2, -0.15) is 0 Å². The molecule has 9 nitrogen and oxygen atoms in total. The average Bonchev–Trinajstić information content (AvgIpc) is 2.90. The summed E-state index contributed by atoms with van der Waals surface area (Å²) in [6.07, 6.45) is -5.94. The van der Waals surface area contributed by atoms with Crippen LogP contribution in [0.5, 0.6) is 0 Å². The summed E-state index contributed by atoms with van der Waals surface area (Å²) in [4.78, 5) is 11.5. The number of ether oxygens (including phenoxy) is 2. The van der Waals surface area contributed by atoms with E-state index in [4.69, 9.17) is 9.47 Å². The van der Waals surface area contributed by atoms with Crippen LogP contribution in [0.1, 0.15) is 19.8 Å². The van der Waals surface area contributed by atoms with E-state index in [1.165, 1.54) is 0 Å². The highest BCUT2D eigenvalue weighted by molar-refractivity contribution is 5.87. The van der Waals surface area contributed by atoms with E-state index in [0.29, 0.717) is 6.42 Å². The summed E-state index contributed by atoms with van der Waals surface area (Å²) < 4.78 is 11.2. The second-order valence-electron chi connectivity index (χ2n) is 7.42. The van der Waals surface area contributed by atoms with Crippen molar-refractivity contribution < 1.29 is 44.9 Å². The molecule has 0 bridgehead atoms. The van der Waals surface area contributed by atoms with E-state index in [-0.39, 0.29) is 29.7 Å². The van der Waals surface area contributed by atoms with Crippen molar-refractivity contribution in [1.82, 2.24) is 0 Å². The zero-order valence-electron chi connectivity index (χ0n) is 14.4. The van der Waals surface area contributed by atoms with Crippen molar-refractivity contribution in [2.45, 2.75) is 62.7 Å². The molecule has 1 saturated heterocycles. The molecule has 0 aromatic heterocycles.